The Kier molecular flexibility index (Phi) is 18.3. The second kappa shape index (κ2) is 25.7. The van der Waals surface area contributed by atoms with Crippen LogP contribution in [0.25, 0.3) is 0 Å². The Morgan fingerprint density at radius 2 is 1.49 bits per heavy atom. The number of aromatic nitrogens is 2. The van der Waals surface area contributed by atoms with Crippen molar-refractivity contribution < 1.29 is 33.1 Å². The predicted octanol–water partition coefficient (Wildman–Crippen LogP) is 7.11. The zero-order valence-electron chi connectivity index (χ0n) is 45.1. The van der Waals surface area contributed by atoms with Crippen LogP contribution in [0.15, 0.2) is 73.1 Å². The maximum atomic E-state index is 14.5. The molecular formula is C60H77ClF2N10O5. The number of carbonyl (C=O) groups is 4. The fourth-order valence-electron chi connectivity index (χ4n) is 13.2. The van der Waals surface area contributed by atoms with Gasteiger partial charge in [-0.25, -0.2) is 18.7 Å². The fraction of sp³-hybridized carbons (Fsp3) is 0.567. The zero-order chi connectivity index (χ0) is 54.3. The second-order valence-electron chi connectivity index (χ2n) is 22.9. The molecular weight excluding hydrogens is 1010 g/mol. The van der Waals surface area contributed by atoms with Gasteiger partial charge in [-0.1, -0.05) is 68.1 Å². The van der Waals surface area contributed by atoms with Gasteiger partial charge in [0, 0.05) is 119 Å². The van der Waals surface area contributed by atoms with Crippen molar-refractivity contribution in [3.63, 3.8) is 0 Å². The molecule has 18 heteroatoms. The van der Waals surface area contributed by atoms with Crippen LogP contribution in [0.1, 0.15) is 133 Å². The average Bonchev–Trinajstić information content (AvgIpc) is 3.89. The smallest absolute Gasteiger partial charge is 0.251 e. The standard InChI is InChI=1S/C60H77ClF2N10O5/c1-40-31-52(74)56-54(40)57(66-39-65-56)70-27-29-71(30-28-70)59(77)50(42-12-15-48(61)16-13-42)38-68-21-18-41(19-22-68)36-69-23-25-72(26-24-69)60(78)55(43-7-3-2-4-8-43)67-58(76)45-10-5-9-44(32-45)47-11-6-20-73(37-47)53(75)35-64-34-46-14-17-49(62)33-51(46)63/h5,9-10,12-17,32-33,39-41,43,47,50,52,55,64,74H,2-4,6-8,11,18-31,34-38H2,1H3,(H,67,76)/t40-,47?,50?,52-,55-/m1/s1. The number of nitrogens with zero attached hydrogens (tertiary/aromatic N) is 8. The lowest BCUT2D eigenvalue weighted by Gasteiger charge is -2.41. The van der Waals surface area contributed by atoms with Crippen LogP contribution in [0, 0.1) is 23.5 Å². The summed E-state index contributed by atoms with van der Waals surface area (Å²) >= 11 is 6.34. The van der Waals surface area contributed by atoms with E-state index in [4.69, 9.17) is 11.6 Å². The fourth-order valence-corrected chi connectivity index (χ4v) is 13.3. The molecule has 0 bridgehead atoms. The highest BCUT2D eigenvalue weighted by Gasteiger charge is 2.38. The van der Waals surface area contributed by atoms with Crippen LogP contribution in [0.2, 0.25) is 5.02 Å². The van der Waals surface area contributed by atoms with E-state index in [-0.39, 0.29) is 60.4 Å². The molecule has 5 heterocycles. The van der Waals surface area contributed by atoms with E-state index in [1.54, 1.807) is 12.4 Å². The molecule has 78 heavy (non-hydrogen) atoms. The molecule has 418 valence electrons. The highest BCUT2D eigenvalue weighted by atomic mass is 35.5. The zero-order valence-corrected chi connectivity index (χ0v) is 45.9. The number of nitrogens with one attached hydrogen (secondary N) is 2. The largest absolute Gasteiger partial charge is 0.387 e. The van der Waals surface area contributed by atoms with E-state index in [9.17, 15) is 33.1 Å². The third-order valence-electron chi connectivity index (χ3n) is 17.8. The summed E-state index contributed by atoms with van der Waals surface area (Å²) in [7, 11) is 0. The van der Waals surface area contributed by atoms with Crippen molar-refractivity contribution in [3.05, 3.63) is 123 Å². The molecule has 6 aliphatic rings. The van der Waals surface area contributed by atoms with Crippen molar-refractivity contribution in [2.24, 2.45) is 11.8 Å². The van der Waals surface area contributed by atoms with Gasteiger partial charge >= 0.3 is 0 Å². The van der Waals surface area contributed by atoms with Crippen LogP contribution in [0.4, 0.5) is 14.6 Å². The SMILES string of the molecule is C[C@@H]1C[C@@H](O)c2ncnc(N3CCN(C(=O)C(CN4CCC(CN5CCN(C(=O)[C@H](NC(=O)c6cccc(C7CCCN(C(=O)CNCc8ccc(F)cc8F)C7)c6)C6CCCCC6)CC5)CC4)c4ccc(Cl)cc4)CC3)c21. The van der Waals surface area contributed by atoms with Gasteiger partial charge in [-0.05, 0) is 117 Å². The lowest BCUT2D eigenvalue weighted by atomic mass is 9.83. The summed E-state index contributed by atoms with van der Waals surface area (Å²) < 4.78 is 27.5. The third-order valence-corrected chi connectivity index (χ3v) is 18.0. The molecule has 4 aliphatic heterocycles. The summed E-state index contributed by atoms with van der Waals surface area (Å²) in [6.07, 6.45) is 10.4. The quantitative estimate of drug-likeness (QED) is 0.105. The summed E-state index contributed by atoms with van der Waals surface area (Å²) in [5.41, 5.74) is 4.51. The first-order valence-corrected chi connectivity index (χ1v) is 29.1. The van der Waals surface area contributed by atoms with Gasteiger partial charge in [0.2, 0.25) is 17.7 Å². The Bertz CT molecular complexity index is 2730. The number of piperazine rings is 2. The number of rotatable bonds is 16. The number of piperidine rings is 2. The molecule has 0 spiro atoms. The summed E-state index contributed by atoms with van der Waals surface area (Å²) in [6.45, 7) is 12.1. The summed E-state index contributed by atoms with van der Waals surface area (Å²) in [5, 5.41) is 17.5. The molecule has 4 aromatic rings. The Morgan fingerprint density at radius 3 is 2.23 bits per heavy atom. The maximum absolute atomic E-state index is 14.5. The Hall–Kier alpha value is -5.59. The third kappa shape index (κ3) is 13.3. The lowest BCUT2D eigenvalue weighted by molar-refractivity contribution is -0.137. The number of anilines is 1. The number of aliphatic hydroxyl groups excluding tert-OH is 1. The number of aliphatic hydroxyl groups is 1. The van der Waals surface area contributed by atoms with E-state index in [1.807, 2.05) is 57.2 Å². The minimum Gasteiger partial charge on any atom is -0.387 e. The van der Waals surface area contributed by atoms with E-state index in [0.717, 1.165) is 125 Å². The summed E-state index contributed by atoms with van der Waals surface area (Å²) in [4.78, 5) is 78.5. The van der Waals surface area contributed by atoms with Crippen LogP contribution in [-0.2, 0) is 20.9 Å². The molecule has 10 rings (SSSR count). The lowest BCUT2D eigenvalue weighted by Crippen LogP contribution is -2.57. The number of fused-ring (bicyclic) bond motifs is 1. The first kappa shape index (κ1) is 55.7. The van der Waals surface area contributed by atoms with Gasteiger partial charge in [0.05, 0.1) is 24.3 Å². The Labute approximate surface area is 463 Å². The first-order chi connectivity index (χ1) is 37.8. The van der Waals surface area contributed by atoms with Gasteiger partial charge in [0.15, 0.2) is 0 Å². The number of amides is 4. The molecule has 4 saturated heterocycles. The van der Waals surface area contributed by atoms with Gasteiger partial charge in [0.25, 0.3) is 5.91 Å². The maximum Gasteiger partial charge on any atom is 0.251 e. The predicted molar refractivity (Wildman–Crippen MR) is 296 cm³/mol. The normalized spacial score (nSPS) is 22.8. The first-order valence-electron chi connectivity index (χ1n) is 28.7. The number of carbonyl (C=O) groups excluding carboxylic acids is 4. The number of hydrogen-bond acceptors (Lipinski definition) is 11. The van der Waals surface area contributed by atoms with Gasteiger partial charge in [-0.3, -0.25) is 24.1 Å². The van der Waals surface area contributed by atoms with Crippen molar-refractivity contribution in [2.45, 2.75) is 108 Å². The molecule has 1 saturated carbocycles. The van der Waals surface area contributed by atoms with Crippen molar-refractivity contribution in [2.75, 3.05) is 103 Å². The molecule has 3 N–H and O–H groups in total. The summed E-state index contributed by atoms with van der Waals surface area (Å²) in [5.74, 6) is -0.154. The molecule has 1 aromatic heterocycles. The highest BCUT2D eigenvalue weighted by Crippen LogP contribution is 2.43. The average molecular weight is 1090 g/mol. The molecule has 3 aromatic carbocycles. The van der Waals surface area contributed by atoms with Gasteiger partial charge in [-0.2, -0.15) is 0 Å². The number of hydrogen-bond donors (Lipinski definition) is 3. The molecule has 5 atom stereocenters. The van der Waals surface area contributed by atoms with Crippen molar-refractivity contribution in [3.8, 4) is 0 Å². The topological polar surface area (TPSA) is 158 Å². The van der Waals surface area contributed by atoms with Crippen LogP contribution >= 0.6 is 11.6 Å². The van der Waals surface area contributed by atoms with Crippen LogP contribution < -0.4 is 15.5 Å². The number of halogens is 3. The minimum absolute atomic E-state index is 0.00697. The number of benzene rings is 3. The van der Waals surface area contributed by atoms with Crippen molar-refractivity contribution in [1.82, 2.24) is 45.1 Å². The van der Waals surface area contributed by atoms with Crippen LogP contribution in [-0.4, -0.2) is 167 Å². The monoisotopic (exact) mass is 1090 g/mol. The summed E-state index contributed by atoms with van der Waals surface area (Å²) in [6, 6.07) is 18.2. The Balaban J connectivity index is 0.693. The molecule has 4 amide bonds. The van der Waals surface area contributed by atoms with Crippen molar-refractivity contribution in [1.29, 1.82) is 0 Å². The van der Waals surface area contributed by atoms with Gasteiger partial charge in [-0.15, -0.1) is 0 Å². The molecule has 15 nitrogen and oxygen atoms in total. The van der Waals surface area contributed by atoms with Gasteiger partial charge < -0.3 is 40.2 Å². The van der Waals surface area contributed by atoms with E-state index >= 15 is 0 Å². The Morgan fingerprint density at radius 1 is 0.756 bits per heavy atom. The molecule has 2 unspecified atom stereocenters. The number of likely N-dealkylation sites (tertiary alicyclic amines) is 2. The molecule has 2 aliphatic carbocycles. The van der Waals surface area contributed by atoms with Crippen LogP contribution in [0.3, 0.4) is 0 Å². The minimum atomic E-state index is -0.651. The van der Waals surface area contributed by atoms with Crippen molar-refractivity contribution >= 4 is 41.0 Å². The van der Waals surface area contributed by atoms with Crippen LogP contribution in [0.5, 0.6) is 0 Å². The van der Waals surface area contributed by atoms with E-state index < -0.39 is 23.8 Å². The molecule has 0 radical (unpaired) electrons. The van der Waals surface area contributed by atoms with E-state index in [2.05, 4.69) is 42.2 Å². The van der Waals surface area contributed by atoms with Gasteiger partial charge in [0.1, 0.15) is 29.8 Å². The van der Waals surface area contributed by atoms with E-state index in [1.165, 1.54) is 12.1 Å². The molecule has 5 fully saturated rings. The highest BCUT2D eigenvalue weighted by molar-refractivity contribution is 6.30. The second-order valence-corrected chi connectivity index (χ2v) is 23.4. The van der Waals surface area contributed by atoms with E-state index in [0.29, 0.717) is 87.4 Å².